The smallest absolute Gasteiger partial charge is 0.134 e. The molecule has 0 atom stereocenters. The highest BCUT2D eigenvalue weighted by molar-refractivity contribution is 6.29. The molecule has 5 heteroatoms. The van der Waals surface area contributed by atoms with Crippen molar-refractivity contribution < 1.29 is 4.74 Å². The molecule has 0 saturated carbocycles. The lowest BCUT2D eigenvalue weighted by molar-refractivity contribution is 0.0639. The quantitative estimate of drug-likeness (QED) is 0.791. The molecule has 1 aliphatic heterocycles. The predicted molar refractivity (Wildman–Crippen MR) is 73.3 cm³/mol. The Morgan fingerprint density at radius 3 is 2.89 bits per heavy atom. The maximum Gasteiger partial charge on any atom is 0.134 e. The minimum atomic E-state index is -0.0561. The summed E-state index contributed by atoms with van der Waals surface area (Å²) in [7, 11) is 0. The number of aryl methyl sites for hydroxylation is 1. The van der Waals surface area contributed by atoms with E-state index in [0.29, 0.717) is 11.8 Å². The molecule has 1 aromatic heterocycles. The standard InChI is InChI=1S/C13H20ClN3O/c1-4-5-11-15-10(14)8-12(16-11)17-6-7-18-9-13(17,2)3/h8H,4-7,9H2,1-3H3. The Balaban J connectivity index is 2.31. The van der Waals surface area contributed by atoms with Crippen molar-refractivity contribution in [3.8, 4) is 0 Å². The van der Waals surface area contributed by atoms with Crippen LogP contribution in [0.3, 0.4) is 0 Å². The maximum atomic E-state index is 6.09. The Hall–Kier alpha value is -0.870. The van der Waals surface area contributed by atoms with Gasteiger partial charge in [0.15, 0.2) is 0 Å². The maximum absolute atomic E-state index is 6.09. The van der Waals surface area contributed by atoms with Gasteiger partial charge in [-0.1, -0.05) is 18.5 Å². The third-order valence-corrected chi connectivity index (χ3v) is 3.32. The number of rotatable bonds is 3. The minimum absolute atomic E-state index is 0.0561. The first-order valence-electron chi connectivity index (χ1n) is 6.42. The fourth-order valence-electron chi connectivity index (χ4n) is 2.21. The molecule has 0 N–H and O–H groups in total. The average Bonchev–Trinajstić information content (AvgIpc) is 2.27. The third-order valence-electron chi connectivity index (χ3n) is 3.12. The largest absolute Gasteiger partial charge is 0.377 e. The summed E-state index contributed by atoms with van der Waals surface area (Å²) < 4.78 is 5.53. The summed E-state index contributed by atoms with van der Waals surface area (Å²) >= 11 is 6.09. The summed E-state index contributed by atoms with van der Waals surface area (Å²) in [5.74, 6) is 1.73. The SMILES string of the molecule is CCCc1nc(Cl)cc(N2CCOCC2(C)C)n1. The van der Waals surface area contributed by atoms with Gasteiger partial charge in [0.1, 0.15) is 16.8 Å². The van der Waals surface area contributed by atoms with Crippen molar-refractivity contribution in [1.82, 2.24) is 9.97 Å². The van der Waals surface area contributed by atoms with E-state index >= 15 is 0 Å². The molecule has 0 spiro atoms. The van der Waals surface area contributed by atoms with E-state index in [0.717, 1.165) is 37.6 Å². The Bertz CT molecular complexity index is 423. The van der Waals surface area contributed by atoms with Gasteiger partial charge in [-0.2, -0.15) is 0 Å². The van der Waals surface area contributed by atoms with Gasteiger partial charge in [-0.3, -0.25) is 0 Å². The summed E-state index contributed by atoms with van der Waals surface area (Å²) in [4.78, 5) is 11.1. The van der Waals surface area contributed by atoms with Crippen molar-refractivity contribution in [2.24, 2.45) is 0 Å². The van der Waals surface area contributed by atoms with E-state index in [4.69, 9.17) is 16.3 Å². The first kappa shape index (κ1) is 13.6. The lowest BCUT2D eigenvalue weighted by Gasteiger charge is -2.43. The number of aromatic nitrogens is 2. The van der Waals surface area contributed by atoms with E-state index in [9.17, 15) is 0 Å². The van der Waals surface area contributed by atoms with Crippen molar-refractivity contribution in [3.05, 3.63) is 17.0 Å². The zero-order valence-electron chi connectivity index (χ0n) is 11.2. The van der Waals surface area contributed by atoms with Gasteiger partial charge in [0.05, 0.1) is 18.8 Å². The fraction of sp³-hybridized carbons (Fsp3) is 0.692. The molecule has 0 unspecified atom stereocenters. The Morgan fingerprint density at radius 1 is 1.44 bits per heavy atom. The van der Waals surface area contributed by atoms with E-state index in [-0.39, 0.29) is 5.54 Å². The number of ether oxygens (including phenoxy) is 1. The van der Waals surface area contributed by atoms with Crippen LogP contribution >= 0.6 is 11.6 Å². The number of hydrogen-bond donors (Lipinski definition) is 0. The number of nitrogens with zero attached hydrogens (tertiary/aromatic N) is 3. The van der Waals surface area contributed by atoms with Crippen LogP contribution in [0.15, 0.2) is 6.07 Å². The van der Waals surface area contributed by atoms with Crippen molar-refractivity contribution in [2.75, 3.05) is 24.7 Å². The van der Waals surface area contributed by atoms with E-state index in [1.54, 1.807) is 0 Å². The highest BCUT2D eigenvalue weighted by Crippen LogP contribution is 2.27. The number of anilines is 1. The average molecular weight is 270 g/mol. The van der Waals surface area contributed by atoms with Crippen LogP contribution in [0, 0.1) is 0 Å². The van der Waals surface area contributed by atoms with Gasteiger partial charge in [-0.15, -0.1) is 0 Å². The Labute approximate surface area is 113 Å². The van der Waals surface area contributed by atoms with Gasteiger partial charge in [-0.05, 0) is 20.3 Å². The molecule has 1 saturated heterocycles. The van der Waals surface area contributed by atoms with Crippen molar-refractivity contribution in [1.29, 1.82) is 0 Å². The summed E-state index contributed by atoms with van der Waals surface area (Å²) in [6.45, 7) is 8.70. The fourth-order valence-corrected chi connectivity index (χ4v) is 2.40. The molecule has 100 valence electrons. The molecule has 18 heavy (non-hydrogen) atoms. The van der Waals surface area contributed by atoms with Crippen molar-refractivity contribution >= 4 is 17.4 Å². The van der Waals surface area contributed by atoms with Crippen LogP contribution in [-0.2, 0) is 11.2 Å². The van der Waals surface area contributed by atoms with Gasteiger partial charge in [-0.25, -0.2) is 9.97 Å². The first-order chi connectivity index (χ1) is 8.53. The van der Waals surface area contributed by atoms with Crippen LogP contribution in [0.5, 0.6) is 0 Å². The van der Waals surface area contributed by atoms with E-state index in [1.165, 1.54) is 0 Å². The lowest BCUT2D eigenvalue weighted by Crippen LogP contribution is -2.53. The summed E-state index contributed by atoms with van der Waals surface area (Å²) in [5, 5.41) is 0.519. The van der Waals surface area contributed by atoms with Gasteiger partial charge in [0, 0.05) is 19.0 Å². The molecule has 0 amide bonds. The van der Waals surface area contributed by atoms with E-state index < -0.39 is 0 Å². The van der Waals surface area contributed by atoms with Crippen LogP contribution in [0.2, 0.25) is 5.15 Å². The molecule has 1 aliphatic rings. The first-order valence-corrected chi connectivity index (χ1v) is 6.79. The highest BCUT2D eigenvalue weighted by atomic mass is 35.5. The van der Waals surface area contributed by atoms with Crippen molar-refractivity contribution in [3.63, 3.8) is 0 Å². The zero-order valence-corrected chi connectivity index (χ0v) is 12.0. The molecular weight excluding hydrogens is 250 g/mol. The van der Waals surface area contributed by atoms with Crippen LogP contribution in [0.25, 0.3) is 0 Å². The second-order valence-corrected chi connectivity index (χ2v) is 5.62. The molecule has 0 aliphatic carbocycles. The van der Waals surface area contributed by atoms with Crippen LogP contribution in [0.4, 0.5) is 5.82 Å². The number of halogens is 1. The monoisotopic (exact) mass is 269 g/mol. The minimum Gasteiger partial charge on any atom is -0.377 e. The zero-order chi connectivity index (χ0) is 13.2. The Kier molecular flexibility index (Phi) is 4.07. The second-order valence-electron chi connectivity index (χ2n) is 5.23. The summed E-state index contributed by atoms with van der Waals surface area (Å²) in [5.41, 5.74) is -0.0561. The molecule has 2 rings (SSSR count). The molecule has 4 nitrogen and oxygen atoms in total. The molecule has 0 bridgehead atoms. The molecule has 2 heterocycles. The summed E-state index contributed by atoms with van der Waals surface area (Å²) in [6, 6.07) is 1.84. The van der Waals surface area contributed by atoms with E-state index in [1.807, 2.05) is 6.07 Å². The van der Waals surface area contributed by atoms with Crippen LogP contribution < -0.4 is 4.90 Å². The van der Waals surface area contributed by atoms with Gasteiger partial charge < -0.3 is 9.64 Å². The Morgan fingerprint density at radius 2 is 2.22 bits per heavy atom. The van der Waals surface area contributed by atoms with Crippen molar-refractivity contribution in [2.45, 2.75) is 39.2 Å². The van der Waals surface area contributed by atoms with Gasteiger partial charge in [0.25, 0.3) is 0 Å². The second kappa shape index (κ2) is 5.41. The van der Waals surface area contributed by atoms with Crippen LogP contribution in [0.1, 0.15) is 33.0 Å². The normalized spacial score (nSPS) is 19.0. The van der Waals surface area contributed by atoms with Crippen LogP contribution in [-0.4, -0.2) is 35.3 Å². The van der Waals surface area contributed by atoms with Gasteiger partial charge >= 0.3 is 0 Å². The highest BCUT2D eigenvalue weighted by Gasteiger charge is 2.31. The molecule has 0 aromatic carbocycles. The lowest BCUT2D eigenvalue weighted by atomic mass is 10.0. The molecular formula is C13H20ClN3O. The topological polar surface area (TPSA) is 38.2 Å². The van der Waals surface area contributed by atoms with Gasteiger partial charge in [0.2, 0.25) is 0 Å². The molecule has 1 fully saturated rings. The number of hydrogen-bond acceptors (Lipinski definition) is 4. The van der Waals surface area contributed by atoms with E-state index in [2.05, 4.69) is 35.6 Å². The predicted octanol–water partition coefficient (Wildman–Crippen LogP) is 2.70. The molecule has 0 radical (unpaired) electrons. The molecule has 1 aromatic rings. The third kappa shape index (κ3) is 2.93. The number of morpholine rings is 1. The summed E-state index contributed by atoms with van der Waals surface area (Å²) in [6.07, 6.45) is 1.88.